The lowest BCUT2D eigenvalue weighted by molar-refractivity contribution is -0.122. The summed E-state index contributed by atoms with van der Waals surface area (Å²) in [6.07, 6.45) is 2.63. The van der Waals surface area contributed by atoms with Crippen LogP contribution in [0.5, 0.6) is 0 Å². The van der Waals surface area contributed by atoms with Gasteiger partial charge < -0.3 is 20.0 Å². The third-order valence-corrected chi connectivity index (χ3v) is 6.04. The Morgan fingerprint density at radius 2 is 1.85 bits per heavy atom. The smallest absolute Gasteiger partial charge is 0.253 e. The van der Waals surface area contributed by atoms with Gasteiger partial charge in [-0.3, -0.25) is 14.4 Å². The van der Waals surface area contributed by atoms with Gasteiger partial charge in [0.2, 0.25) is 17.7 Å². The van der Waals surface area contributed by atoms with Crippen LogP contribution in [0.25, 0.3) is 22.6 Å². The van der Waals surface area contributed by atoms with E-state index in [2.05, 4.69) is 15.6 Å². The second-order valence-corrected chi connectivity index (χ2v) is 8.44. The van der Waals surface area contributed by atoms with Crippen LogP contribution in [0, 0.1) is 0 Å². The molecule has 2 aromatic carbocycles. The van der Waals surface area contributed by atoms with Crippen LogP contribution in [0.15, 0.2) is 52.9 Å². The van der Waals surface area contributed by atoms with Crippen molar-refractivity contribution < 1.29 is 18.8 Å². The van der Waals surface area contributed by atoms with E-state index in [1.54, 1.807) is 17.0 Å². The van der Waals surface area contributed by atoms with E-state index in [4.69, 9.17) is 4.42 Å². The van der Waals surface area contributed by atoms with Gasteiger partial charge in [0.1, 0.15) is 5.52 Å². The van der Waals surface area contributed by atoms with E-state index in [1.165, 1.54) is 6.92 Å². The molecule has 1 heterocycles. The molecule has 3 amide bonds. The molecule has 1 fully saturated rings. The molecule has 8 nitrogen and oxygen atoms in total. The first kappa shape index (κ1) is 22.5. The standard InChI is InChI=1S/C25H28N4O4/c1-16(30)26-14-13-23(31)27-19-11-12-20(15-19)29(2)25(32)18-9-7-17(8-10-18)24-28-21-5-3-4-6-22(21)33-24/h3-10,19-20H,11-15H2,1-2H3,(H,26,30)(H,27,31)/t19-,20+/m1/s1. The van der Waals surface area contributed by atoms with E-state index in [0.717, 1.165) is 35.9 Å². The van der Waals surface area contributed by atoms with Crippen LogP contribution in [-0.4, -0.2) is 53.3 Å². The number of amides is 3. The molecule has 0 bridgehead atoms. The highest BCUT2D eigenvalue weighted by atomic mass is 16.3. The van der Waals surface area contributed by atoms with Crippen molar-refractivity contribution in [1.82, 2.24) is 20.5 Å². The molecule has 2 atom stereocenters. The molecule has 1 aliphatic rings. The number of nitrogens with one attached hydrogen (secondary N) is 2. The predicted octanol–water partition coefficient (Wildman–Crippen LogP) is 3.13. The fourth-order valence-electron chi connectivity index (χ4n) is 4.21. The molecule has 0 aliphatic heterocycles. The molecule has 172 valence electrons. The maximum atomic E-state index is 13.0. The van der Waals surface area contributed by atoms with Gasteiger partial charge in [0.15, 0.2) is 5.58 Å². The number of benzene rings is 2. The van der Waals surface area contributed by atoms with Gasteiger partial charge in [0, 0.05) is 50.1 Å². The average molecular weight is 449 g/mol. The van der Waals surface area contributed by atoms with Crippen molar-refractivity contribution in [1.29, 1.82) is 0 Å². The zero-order valence-corrected chi connectivity index (χ0v) is 18.8. The molecule has 1 aliphatic carbocycles. The van der Waals surface area contributed by atoms with E-state index in [9.17, 15) is 14.4 Å². The molecule has 0 spiro atoms. The summed E-state index contributed by atoms with van der Waals surface area (Å²) in [4.78, 5) is 42.2. The van der Waals surface area contributed by atoms with Gasteiger partial charge >= 0.3 is 0 Å². The Morgan fingerprint density at radius 3 is 2.58 bits per heavy atom. The van der Waals surface area contributed by atoms with Crippen LogP contribution in [-0.2, 0) is 9.59 Å². The zero-order chi connectivity index (χ0) is 23.4. The van der Waals surface area contributed by atoms with Crippen molar-refractivity contribution >= 4 is 28.8 Å². The summed E-state index contributed by atoms with van der Waals surface area (Å²) in [5, 5.41) is 5.63. The highest BCUT2D eigenvalue weighted by Gasteiger charge is 2.31. The lowest BCUT2D eigenvalue weighted by atomic mass is 10.1. The van der Waals surface area contributed by atoms with Gasteiger partial charge in [0.25, 0.3) is 5.91 Å². The van der Waals surface area contributed by atoms with E-state index >= 15 is 0 Å². The minimum Gasteiger partial charge on any atom is -0.436 e. The molecule has 8 heteroatoms. The molecule has 0 unspecified atom stereocenters. The Hall–Kier alpha value is -3.68. The summed E-state index contributed by atoms with van der Waals surface area (Å²) in [7, 11) is 1.81. The number of para-hydroxylation sites is 2. The van der Waals surface area contributed by atoms with E-state index < -0.39 is 0 Å². The quantitative estimate of drug-likeness (QED) is 0.578. The lowest BCUT2D eigenvalue weighted by Crippen LogP contribution is -2.39. The summed E-state index contributed by atoms with van der Waals surface area (Å²) >= 11 is 0. The second kappa shape index (κ2) is 9.85. The number of carbonyl (C=O) groups excluding carboxylic acids is 3. The first-order chi connectivity index (χ1) is 15.9. The molecular weight excluding hydrogens is 420 g/mol. The summed E-state index contributed by atoms with van der Waals surface area (Å²) in [5.41, 5.74) is 2.93. The molecule has 1 aromatic heterocycles. The van der Waals surface area contributed by atoms with Crippen molar-refractivity contribution in [3.05, 3.63) is 54.1 Å². The van der Waals surface area contributed by atoms with E-state index in [1.807, 2.05) is 43.4 Å². The molecule has 4 rings (SSSR count). The number of fused-ring (bicyclic) bond motifs is 1. The highest BCUT2D eigenvalue weighted by molar-refractivity contribution is 5.94. The fraction of sp³-hybridized carbons (Fsp3) is 0.360. The Bertz CT molecular complexity index is 1120. The van der Waals surface area contributed by atoms with Crippen LogP contribution in [0.1, 0.15) is 43.0 Å². The first-order valence-corrected chi connectivity index (χ1v) is 11.2. The van der Waals surface area contributed by atoms with Gasteiger partial charge in [-0.1, -0.05) is 12.1 Å². The van der Waals surface area contributed by atoms with Gasteiger partial charge in [-0.2, -0.15) is 0 Å². The van der Waals surface area contributed by atoms with E-state index in [0.29, 0.717) is 18.0 Å². The minimum atomic E-state index is -0.147. The maximum absolute atomic E-state index is 13.0. The maximum Gasteiger partial charge on any atom is 0.253 e. The van der Waals surface area contributed by atoms with Crippen LogP contribution in [0.3, 0.4) is 0 Å². The third-order valence-electron chi connectivity index (χ3n) is 6.04. The monoisotopic (exact) mass is 448 g/mol. The topological polar surface area (TPSA) is 105 Å². The number of aromatic nitrogens is 1. The summed E-state index contributed by atoms with van der Waals surface area (Å²) in [6.45, 7) is 1.75. The van der Waals surface area contributed by atoms with Crippen LogP contribution < -0.4 is 10.6 Å². The number of rotatable bonds is 7. The summed E-state index contributed by atoms with van der Waals surface area (Å²) in [6, 6.07) is 15.0. The van der Waals surface area contributed by atoms with Crippen molar-refractivity contribution in [2.45, 2.75) is 44.7 Å². The van der Waals surface area contributed by atoms with Crippen LogP contribution in [0.4, 0.5) is 0 Å². The highest BCUT2D eigenvalue weighted by Crippen LogP contribution is 2.27. The molecule has 3 aromatic rings. The van der Waals surface area contributed by atoms with Crippen molar-refractivity contribution in [2.24, 2.45) is 0 Å². The minimum absolute atomic E-state index is 0.0385. The molecule has 0 saturated heterocycles. The SMILES string of the molecule is CC(=O)NCCC(=O)N[C@@H]1CC[C@H](N(C)C(=O)c2ccc(-c3nc4ccccc4o3)cc2)C1. The van der Waals surface area contributed by atoms with E-state index in [-0.39, 0.29) is 36.2 Å². The number of hydrogen-bond acceptors (Lipinski definition) is 5. The Morgan fingerprint density at radius 1 is 1.09 bits per heavy atom. The van der Waals surface area contributed by atoms with Crippen molar-refractivity contribution in [3.63, 3.8) is 0 Å². The molecular formula is C25H28N4O4. The first-order valence-electron chi connectivity index (χ1n) is 11.2. The zero-order valence-electron chi connectivity index (χ0n) is 18.8. The molecule has 1 saturated carbocycles. The Kier molecular flexibility index (Phi) is 6.72. The molecule has 2 N–H and O–H groups in total. The average Bonchev–Trinajstić information content (AvgIpc) is 3.45. The lowest BCUT2D eigenvalue weighted by Gasteiger charge is -2.25. The fourth-order valence-corrected chi connectivity index (χ4v) is 4.21. The van der Waals surface area contributed by atoms with Crippen LogP contribution >= 0.6 is 0 Å². The molecule has 0 radical (unpaired) electrons. The summed E-state index contributed by atoms with van der Waals surface area (Å²) in [5.74, 6) is 0.238. The van der Waals surface area contributed by atoms with Gasteiger partial charge in [0.05, 0.1) is 0 Å². The Labute approximate surface area is 192 Å². The third kappa shape index (κ3) is 5.39. The van der Waals surface area contributed by atoms with Crippen molar-refractivity contribution in [3.8, 4) is 11.5 Å². The number of hydrogen-bond donors (Lipinski definition) is 2. The largest absolute Gasteiger partial charge is 0.436 e. The second-order valence-electron chi connectivity index (χ2n) is 8.44. The number of nitrogens with zero attached hydrogens (tertiary/aromatic N) is 2. The van der Waals surface area contributed by atoms with Crippen molar-refractivity contribution in [2.75, 3.05) is 13.6 Å². The van der Waals surface area contributed by atoms with Gasteiger partial charge in [-0.05, 0) is 55.7 Å². The normalized spacial score (nSPS) is 17.6. The summed E-state index contributed by atoms with van der Waals surface area (Å²) < 4.78 is 5.80. The number of oxazole rings is 1. The van der Waals surface area contributed by atoms with Gasteiger partial charge in [-0.15, -0.1) is 0 Å². The molecule has 33 heavy (non-hydrogen) atoms. The van der Waals surface area contributed by atoms with Crippen LogP contribution in [0.2, 0.25) is 0 Å². The number of carbonyl (C=O) groups is 3. The van der Waals surface area contributed by atoms with Gasteiger partial charge in [-0.25, -0.2) is 4.98 Å². The predicted molar refractivity (Wildman–Crippen MR) is 124 cm³/mol. The Balaban J connectivity index is 1.32.